The Labute approximate surface area is 143 Å². The smallest absolute Gasteiger partial charge is 0.244 e. The first-order valence-electron chi connectivity index (χ1n) is 7.51. The summed E-state index contributed by atoms with van der Waals surface area (Å²) in [7, 11) is 0. The number of nitriles is 1. The number of allylic oxidation sites excluding steroid dienone is 2. The van der Waals surface area contributed by atoms with E-state index in [1.807, 2.05) is 18.2 Å². The van der Waals surface area contributed by atoms with Gasteiger partial charge in [-0.1, -0.05) is 23.8 Å². The van der Waals surface area contributed by atoms with E-state index in [0.717, 1.165) is 4.90 Å². The molecule has 1 aromatic carbocycles. The van der Waals surface area contributed by atoms with Crippen LogP contribution in [0.2, 0.25) is 5.02 Å². The van der Waals surface area contributed by atoms with Crippen molar-refractivity contribution in [3.8, 4) is 6.07 Å². The number of halogens is 1. The van der Waals surface area contributed by atoms with E-state index in [1.165, 1.54) is 12.1 Å². The van der Waals surface area contributed by atoms with Crippen LogP contribution in [0.15, 0.2) is 30.4 Å². The Bertz CT molecular complexity index is 771. The number of hydrogen-bond donors (Lipinski definition) is 1. The summed E-state index contributed by atoms with van der Waals surface area (Å²) in [5.41, 5.74) is 0.512. The second-order valence-corrected chi connectivity index (χ2v) is 6.20. The zero-order valence-corrected chi connectivity index (χ0v) is 13.4. The number of anilines is 1. The van der Waals surface area contributed by atoms with Crippen LogP contribution in [0.1, 0.15) is 18.4 Å². The number of fused-ring (bicyclic) bond motifs is 1. The summed E-state index contributed by atoms with van der Waals surface area (Å²) < 4.78 is 0. The molecule has 2 atom stereocenters. The molecule has 6 nitrogen and oxygen atoms in total. The van der Waals surface area contributed by atoms with Crippen LogP contribution >= 0.6 is 11.6 Å². The molecule has 1 heterocycles. The molecule has 122 valence electrons. The third kappa shape index (κ3) is 2.91. The van der Waals surface area contributed by atoms with Crippen molar-refractivity contribution in [3.05, 3.63) is 40.9 Å². The molecule has 0 bridgehead atoms. The Hall–Kier alpha value is -2.65. The van der Waals surface area contributed by atoms with Crippen molar-refractivity contribution in [2.45, 2.75) is 12.8 Å². The van der Waals surface area contributed by atoms with Gasteiger partial charge in [-0.05, 0) is 31.0 Å². The number of imide groups is 1. The highest BCUT2D eigenvalue weighted by molar-refractivity contribution is 6.31. The Kier molecular flexibility index (Phi) is 4.36. The fourth-order valence-corrected chi connectivity index (χ4v) is 3.25. The van der Waals surface area contributed by atoms with Crippen LogP contribution in [0.25, 0.3) is 0 Å². The average Bonchev–Trinajstić information content (AvgIpc) is 2.80. The molecule has 0 saturated carbocycles. The van der Waals surface area contributed by atoms with Crippen LogP contribution in [-0.2, 0) is 14.4 Å². The SMILES string of the molecule is N#Cc1ccc(Cl)cc1NC(=O)CN1C(=O)[C@@H]2CC=CC[C@H]2C1=O. The van der Waals surface area contributed by atoms with E-state index in [1.54, 1.807) is 6.07 Å². The molecule has 0 spiro atoms. The van der Waals surface area contributed by atoms with E-state index in [9.17, 15) is 14.4 Å². The largest absolute Gasteiger partial charge is 0.323 e. The minimum Gasteiger partial charge on any atom is -0.323 e. The molecule has 24 heavy (non-hydrogen) atoms. The number of rotatable bonds is 3. The van der Waals surface area contributed by atoms with Crippen molar-refractivity contribution < 1.29 is 14.4 Å². The molecule has 7 heteroatoms. The number of nitrogens with zero attached hydrogens (tertiary/aromatic N) is 2. The van der Waals surface area contributed by atoms with Gasteiger partial charge >= 0.3 is 0 Å². The molecular weight excluding hydrogens is 330 g/mol. The lowest BCUT2D eigenvalue weighted by molar-refractivity contribution is -0.142. The summed E-state index contributed by atoms with van der Waals surface area (Å²) in [6.45, 7) is -0.359. The van der Waals surface area contributed by atoms with Gasteiger partial charge in [0.05, 0.1) is 23.1 Å². The van der Waals surface area contributed by atoms with Crippen molar-refractivity contribution >= 4 is 35.0 Å². The van der Waals surface area contributed by atoms with Gasteiger partial charge in [-0.15, -0.1) is 0 Å². The van der Waals surface area contributed by atoms with Crippen molar-refractivity contribution in [2.75, 3.05) is 11.9 Å². The number of likely N-dealkylation sites (tertiary alicyclic amines) is 1. The highest BCUT2D eigenvalue weighted by atomic mass is 35.5. The molecule has 0 aromatic heterocycles. The number of nitrogens with one attached hydrogen (secondary N) is 1. The third-order valence-electron chi connectivity index (χ3n) is 4.28. The zero-order valence-electron chi connectivity index (χ0n) is 12.7. The van der Waals surface area contributed by atoms with Crippen LogP contribution in [0, 0.1) is 23.2 Å². The second-order valence-electron chi connectivity index (χ2n) is 5.77. The predicted molar refractivity (Wildman–Crippen MR) is 86.9 cm³/mol. The lowest BCUT2D eigenvalue weighted by Crippen LogP contribution is -2.38. The van der Waals surface area contributed by atoms with Gasteiger partial charge in [-0.2, -0.15) is 5.26 Å². The quantitative estimate of drug-likeness (QED) is 0.672. The topological polar surface area (TPSA) is 90.3 Å². The van der Waals surface area contributed by atoms with Gasteiger partial charge in [-0.3, -0.25) is 19.3 Å². The summed E-state index contributed by atoms with van der Waals surface area (Å²) in [6, 6.07) is 6.44. The first-order chi connectivity index (χ1) is 11.5. The third-order valence-corrected chi connectivity index (χ3v) is 4.51. The van der Waals surface area contributed by atoms with Crippen molar-refractivity contribution in [1.82, 2.24) is 4.90 Å². The summed E-state index contributed by atoms with van der Waals surface area (Å²) in [5, 5.41) is 12.0. The normalized spacial score (nSPS) is 22.2. The monoisotopic (exact) mass is 343 g/mol. The number of amides is 3. The molecule has 1 fully saturated rings. The Balaban J connectivity index is 1.72. The first kappa shape index (κ1) is 16.2. The van der Waals surface area contributed by atoms with Gasteiger partial charge in [0.15, 0.2) is 0 Å². The van der Waals surface area contributed by atoms with Crippen LogP contribution < -0.4 is 5.32 Å². The zero-order chi connectivity index (χ0) is 17.3. The van der Waals surface area contributed by atoms with Crippen LogP contribution in [0.5, 0.6) is 0 Å². The molecule has 1 aromatic rings. The fourth-order valence-electron chi connectivity index (χ4n) is 3.08. The molecule has 1 saturated heterocycles. The first-order valence-corrected chi connectivity index (χ1v) is 7.88. The Morgan fingerprint density at radius 1 is 1.25 bits per heavy atom. The standard InChI is InChI=1S/C17H14ClN3O3/c18-11-6-5-10(8-19)14(7-11)20-15(22)9-21-16(23)12-3-1-2-4-13(12)17(21)24/h1-2,5-7,12-13H,3-4,9H2,(H,20,22)/t12-,13-/m1/s1. The maximum Gasteiger partial charge on any atom is 0.244 e. The van der Waals surface area contributed by atoms with Crippen LogP contribution in [-0.4, -0.2) is 29.2 Å². The number of hydrogen-bond acceptors (Lipinski definition) is 4. The van der Waals surface area contributed by atoms with Gasteiger partial charge in [0.1, 0.15) is 12.6 Å². The van der Waals surface area contributed by atoms with E-state index in [4.69, 9.17) is 16.9 Å². The molecule has 0 radical (unpaired) electrons. The lowest BCUT2D eigenvalue weighted by Gasteiger charge is -2.15. The van der Waals surface area contributed by atoms with Gasteiger partial charge in [0, 0.05) is 5.02 Å². The Morgan fingerprint density at radius 2 is 1.88 bits per heavy atom. The van der Waals surface area contributed by atoms with E-state index in [-0.39, 0.29) is 41.4 Å². The van der Waals surface area contributed by atoms with E-state index in [0.29, 0.717) is 17.9 Å². The molecule has 1 N–H and O–H groups in total. The molecule has 3 rings (SSSR count). The second kappa shape index (κ2) is 6.46. The van der Waals surface area contributed by atoms with Gasteiger partial charge in [-0.25, -0.2) is 0 Å². The Morgan fingerprint density at radius 3 is 2.46 bits per heavy atom. The number of benzene rings is 1. The van der Waals surface area contributed by atoms with E-state index in [2.05, 4.69) is 5.32 Å². The van der Waals surface area contributed by atoms with Crippen molar-refractivity contribution in [3.63, 3.8) is 0 Å². The van der Waals surface area contributed by atoms with E-state index >= 15 is 0 Å². The minimum absolute atomic E-state index is 0.254. The molecule has 3 amide bonds. The highest BCUT2D eigenvalue weighted by Gasteiger charge is 2.47. The highest BCUT2D eigenvalue weighted by Crippen LogP contribution is 2.34. The summed E-state index contributed by atoms with van der Waals surface area (Å²) in [5.74, 6) is -1.89. The lowest BCUT2D eigenvalue weighted by atomic mass is 9.85. The van der Waals surface area contributed by atoms with Gasteiger partial charge in [0.25, 0.3) is 0 Å². The maximum atomic E-state index is 12.3. The molecular formula is C17H14ClN3O3. The van der Waals surface area contributed by atoms with Gasteiger partial charge < -0.3 is 5.32 Å². The minimum atomic E-state index is -0.540. The average molecular weight is 344 g/mol. The molecule has 2 aliphatic rings. The van der Waals surface area contributed by atoms with Gasteiger partial charge in [0.2, 0.25) is 17.7 Å². The summed E-state index contributed by atoms with van der Waals surface area (Å²) in [6.07, 6.45) is 4.84. The maximum absolute atomic E-state index is 12.3. The van der Waals surface area contributed by atoms with Crippen LogP contribution in [0.3, 0.4) is 0 Å². The fraction of sp³-hybridized carbons (Fsp3) is 0.294. The molecule has 1 aliphatic heterocycles. The summed E-state index contributed by atoms with van der Waals surface area (Å²) in [4.78, 5) is 37.9. The van der Waals surface area contributed by atoms with Crippen molar-refractivity contribution in [1.29, 1.82) is 5.26 Å². The van der Waals surface area contributed by atoms with Crippen molar-refractivity contribution in [2.24, 2.45) is 11.8 Å². The number of carbonyl (C=O) groups excluding carboxylic acids is 3. The predicted octanol–water partition coefficient (Wildman–Crippen LogP) is 2.10. The molecule has 1 aliphatic carbocycles. The van der Waals surface area contributed by atoms with Crippen LogP contribution in [0.4, 0.5) is 5.69 Å². The summed E-state index contributed by atoms with van der Waals surface area (Å²) >= 11 is 5.87. The molecule has 0 unspecified atom stereocenters. The van der Waals surface area contributed by atoms with E-state index < -0.39 is 5.91 Å². The number of carbonyl (C=O) groups is 3.